The van der Waals surface area contributed by atoms with Gasteiger partial charge in [-0.05, 0) is 24.1 Å². The predicted molar refractivity (Wildman–Crippen MR) is 92.5 cm³/mol. The molecule has 1 aromatic rings. The second-order valence-corrected chi connectivity index (χ2v) is 7.06. The van der Waals surface area contributed by atoms with Gasteiger partial charge in [-0.15, -0.1) is 0 Å². The van der Waals surface area contributed by atoms with Crippen LogP contribution in [0.15, 0.2) is 24.3 Å². The van der Waals surface area contributed by atoms with Gasteiger partial charge in [0.25, 0.3) is 11.8 Å². The number of hydrogen-bond donors (Lipinski definition) is 1. The van der Waals surface area contributed by atoms with Gasteiger partial charge in [0.2, 0.25) is 0 Å². The molecule has 0 radical (unpaired) electrons. The van der Waals surface area contributed by atoms with Gasteiger partial charge in [0.1, 0.15) is 28.9 Å². The van der Waals surface area contributed by atoms with Crippen LogP contribution in [0.2, 0.25) is 0 Å². The van der Waals surface area contributed by atoms with E-state index in [0.717, 1.165) is 5.56 Å². The molecule has 1 N–H and O–H groups in total. The van der Waals surface area contributed by atoms with Crippen molar-refractivity contribution in [1.29, 1.82) is 0 Å². The lowest BCUT2D eigenvalue weighted by molar-refractivity contribution is -0.159. The van der Waals surface area contributed by atoms with Crippen LogP contribution < -0.4 is 4.72 Å². The Kier molecular flexibility index (Phi) is 7.07. The Morgan fingerprint density at radius 2 is 2.12 bits per heavy atom. The zero-order valence-electron chi connectivity index (χ0n) is 14.4. The summed E-state index contributed by atoms with van der Waals surface area (Å²) in [6.07, 6.45) is 2.17. The third-order valence-electron chi connectivity index (χ3n) is 4.03. The van der Waals surface area contributed by atoms with Crippen molar-refractivity contribution in [3.8, 4) is 0 Å². The van der Waals surface area contributed by atoms with E-state index in [1.807, 2.05) is 6.92 Å². The highest BCUT2D eigenvalue weighted by Crippen LogP contribution is 2.18. The fraction of sp³-hybridized carbons (Fsp3) is 0.529. The fourth-order valence-electron chi connectivity index (χ4n) is 2.86. The summed E-state index contributed by atoms with van der Waals surface area (Å²) in [4.78, 5) is 26.6. The van der Waals surface area contributed by atoms with E-state index in [4.69, 9.17) is 4.74 Å². The SMILES string of the molecule is CCCC(C(=O)NS(C)=O)N1CCOC(Cc2ccc(F)cc2)C1=O. The molecule has 1 fully saturated rings. The zero-order chi connectivity index (χ0) is 18.4. The topological polar surface area (TPSA) is 75.7 Å². The van der Waals surface area contributed by atoms with Crippen LogP contribution >= 0.6 is 0 Å². The number of benzene rings is 1. The monoisotopic (exact) mass is 370 g/mol. The maximum absolute atomic E-state index is 13.0. The number of carbonyl (C=O) groups excluding carboxylic acids is 2. The van der Waals surface area contributed by atoms with E-state index in [2.05, 4.69) is 4.72 Å². The molecule has 8 heteroatoms. The van der Waals surface area contributed by atoms with Gasteiger partial charge in [0.15, 0.2) is 0 Å². The number of nitrogens with one attached hydrogen (secondary N) is 1. The van der Waals surface area contributed by atoms with Crippen LogP contribution in [0, 0.1) is 5.82 Å². The highest BCUT2D eigenvalue weighted by atomic mass is 32.2. The summed E-state index contributed by atoms with van der Waals surface area (Å²) in [6.45, 7) is 2.55. The van der Waals surface area contributed by atoms with E-state index in [1.54, 1.807) is 12.1 Å². The first-order valence-electron chi connectivity index (χ1n) is 8.22. The van der Waals surface area contributed by atoms with E-state index in [1.165, 1.54) is 23.3 Å². The smallest absolute Gasteiger partial charge is 0.254 e. The average Bonchev–Trinajstić information content (AvgIpc) is 2.56. The van der Waals surface area contributed by atoms with Gasteiger partial charge in [-0.3, -0.25) is 14.3 Å². The van der Waals surface area contributed by atoms with Crippen LogP contribution in [0.25, 0.3) is 0 Å². The number of morpholine rings is 1. The van der Waals surface area contributed by atoms with Gasteiger partial charge in [-0.1, -0.05) is 25.5 Å². The average molecular weight is 370 g/mol. The van der Waals surface area contributed by atoms with Gasteiger partial charge in [-0.25, -0.2) is 8.60 Å². The molecule has 1 aliphatic rings. The molecule has 3 unspecified atom stereocenters. The van der Waals surface area contributed by atoms with Crippen molar-refractivity contribution in [1.82, 2.24) is 9.62 Å². The lowest BCUT2D eigenvalue weighted by Crippen LogP contribution is -2.57. The van der Waals surface area contributed by atoms with Crippen LogP contribution in [0.4, 0.5) is 4.39 Å². The summed E-state index contributed by atoms with van der Waals surface area (Å²) in [5.41, 5.74) is 0.785. The summed E-state index contributed by atoms with van der Waals surface area (Å²) >= 11 is 0. The van der Waals surface area contributed by atoms with Crippen LogP contribution in [0.3, 0.4) is 0 Å². The third-order valence-corrected chi connectivity index (χ3v) is 4.52. The van der Waals surface area contributed by atoms with Crippen LogP contribution in [-0.2, 0) is 31.7 Å². The number of rotatable bonds is 7. The highest BCUT2D eigenvalue weighted by molar-refractivity contribution is 7.82. The van der Waals surface area contributed by atoms with Crippen LogP contribution in [-0.4, -0.2) is 52.5 Å². The lowest BCUT2D eigenvalue weighted by atomic mass is 10.0. The van der Waals surface area contributed by atoms with Crippen molar-refractivity contribution >= 4 is 22.8 Å². The number of amides is 2. The molecule has 1 saturated heterocycles. The zero-order valence-corrected chi connectivity index (χ0v) is 15.2. The Labute approximate surface area is 149 Å². The minimum atomic E-state index is -1.48. The van der Waals surface area contributed by atoms with Crippen molar-refractivity contribution in [3.05, 3.63) is 35.6 Å². The normalized spacial score (nSPS) is 20.2. The summed E-state index contributed by atoms with van der Waals surface area (Å²) in [5, 5.41) is 0. The van der Waals surface area contributed by atoms with Crippen LogP contribution in [0.1, 0.15) is 25.3 Å². The van der Waals surface area contributed by atoms with E-state index in [9.17, 15) is 18.2 Å². The van der Waals surface area contributed by atoms with Crippen LogP contribution in [0.5, 0.6) is 0 Å². The van der Waals surface area contributed by atoms with Crippen molar-refractivity contribution in [2.45, 2.75) is 38.3 Å². The standard InChI is InChI=1S/C17H23FN2O4S/c1-3-4-14(16(21)19-25(2)23)20-9-10-24-15(17(20)22)11-12-5-7-13(18)8-6-12/h5-8,14-15H,3-4,9-11H2,1-2H3,(H,19,21). The van der Waals surface area contributed by atoms with E-state index in [0.29, 0.717) is 32.4 Å². The summed E-state index contributed by atoms with van der Waals surface area (Å²) in [5.74, 6) is -1.03. The molecule has 0 aromatic heterocycles. The number of nitrogens with zero attached hydrogens (tertiary/aromatic N) is 1. The minimum absolute atomic E-state index is 0.272. The second kappa shape index (κ2) is 9.05. The maximum Gasteiger partial charge on any atom is 0.254 e. The molecule has 1 heterocycles. The van der Waals surface area contributed by atoms with E-state index >= 15 is 0 Å². The quantitative estimate of drug-likeness (QED) is 0.782. The summed E-state index contributed by atoms with van der Waals surface area (Å²) in [7, 11) is -1.48. The van der Waals surface area contributed by atoms with Crippen molar-refractivity contribution in [2.24, 2.45) is 0 Å². The Bertz CT molecular complexity index is 638. The van der Waals surface area contributed by atoms with E-state index < -0.39 is 29.0 Å². The van der Waals surface area contributed by atoms with Gasteiger partial charge in [0.05, 0.1) is 6.61 Å². The molecule has 2 rings (SSSR count). The molecule has 25 heavy (non-hydrogen) atoms. The van der Waals surface area contributed by atoms with Gasteiger partial charge in [0, 0.05) is 19.2 Å². The van der Waals surface area contributed by atoms with Gasteiger partial charge >= 0.3 is 0 Å². The second-order valence-electron chi connectivity index (χ2n) is 5.95. The van der Waals surface area contributed by atoms with Gasteiger partial charge in [-0.2, -0.15) is 0 Å². The molecule has 138 valence electrons. The largest absolute Gasteiger partial charge is 0.366 e. The van der Waals surface area contributed by atoms with Crippen molar-refractivity contribution in [3.63, 3.8) is 0 Å². The number of halogens is 1. The number of carbonyl (C=O) groups is 2. The Balaban J connectivity index is 2.11. The molecular formula is C17H23FN2O4S. The van der Waals surface area contributed by atoms with Crippen molar-refractivity contribution in [2.75, 3.05) is 19.4 Å². The highest BCUT2D eigenvalue weighted by Gasteiger charge is 2.36. The fourth-order valence-corrected chi connectivity index (χ4v) is 3.28. The molecule has 1 aliphatic heterocycles. The minimum Gasteiger partial charge on any atom is -0.366 e. The molecule has 0 spiro atoms. The number of hydrogen-bond acceptors (Lipinski definition) is 4. The first kappa shape index (κ1) is 19.5. The molecule has 1 aromatic carbocycles. The Hall–Kier alpha value is -1.80. The van der Waals surface area contributed by atoms with Crippen molar-refractivity contribution < 1.29 is 22.9 Å². The third kappa shape index (κ3) is 5.34. The summed E-state index contributed by atoms with van der Waals surface area (Å²) < 4.78 is 32.2. The predicted octanol–water partition coefficient (Wildman–Crippen LogP) is 1.17. The molecule has 0 aliphatic carbocycles. The first-order valence-corrected chi connectivity index (χ1v) is 9.78. The molecule has 3 atom stereocenters. The molecule has 0 saturated carbocycles. The Morgan fingerprint density at radius 3 is 2.72 bits per heavy atom. The molecule has 0 bridgehead atoms. The maximum atomic E-state index is 13.0. The molecule has 6 nitrogen and oxygen atoms in total. The lowest BCUT2D eigenvalue weighted by Gasteiger charge is -2.37. The molecule has 2 amide bonds. The van der Waals surface area contributed by atoms with E-state index in [-0.39, 0.29) is 11.7 Å². The van der Waals surface area contributed by atoms with Gasteiger partial charge < -0.3 is 9.64 Å². The Morgan fingerprint density at radius 1 is 1.44 bits per heavy atom. The number of ether oxygens (including phenoxy) is 1. The summed E-state index contributed by atoms with van der Waals surface area (Å²) in [6, 6.07) is 5.23. The molecular weight excluding hydrogens is 347 g/mol. The first-order chi connectivity index (χ1) is 11.9.